The van der Waals surface area contributed by atoms with Crippen LogP contribution in [0, 0.1) is 6.92 Å². The Hall–Kier alpha value is -2.27. The zero-order chi connectivity index (χ0) is 18.7. The number of hydrogen-bond acceptors (Lipinski definition) is 3. The number of carbonyl (C=O) groups excluding carboxylic acids is 2. The third-order valence-corrected chi connectivity index (χ3v) is 5.89. The van der Waals surface area contributed by atoms with Gasteiger partial charge in [0, 0.05) is 17.6 Å². The highest BCUT2D eigenvalue weighted by atomic mass is 32.2. The first kappa shape index (κ1) is 18.5. The maximum Gasteiger partial charge on any atom is 0.243 e. The lowest BCUT2D eigenvalue weighted by Gasteiger charge is -2.20. The molecule has 0 radical (unpaired) electrons. The highest BCUT2D eigenvalue weighted by molar-refractivity contribution is 8.01. The van der Waals surface area contributed by atoms with Crippen molar-refractivity contribution in [3.63, 3.8) is 0 Å². The van der Waals surface area contributed by atoms with Crippen molar-refractivity contribution in [2.75, 3.05) is 18.9 Å². The van der Waals surface area contributed by atoms with Gasteiger partial charge in [0.15, 0.2) is 0 Å². The molecule has 2 aromatic rings. The van der Waals surface area contributed by atoms with Crippen LogP contribution in [0.3, 0.4) is 0 Å². The number of likely N-dealkylation sites (N-methyl/N-ethyl adjacent to an activating group) is 1. The molecule has 1 aliphatic rings. The summed E-state index contributed by atoms with van der Waals surface area (Å²) in [5.74, 6) is -0.166. The molecule has 0 saturated carbocycles. The molecule has 1 atom stereocenters. The Morgan fingerprint density at radius 3 is 2.77 bits per heavy atom. The number of nitrogens with zero attached hydrogens (tertiary/aromatic N) is 1. The molecule has 1 N–H and O–H groups in total. The van der Waals surface area contributed by atoms with Crippen LogP contribution in [0.5, 0.6) is 0 Å². The Balaban J connectivity index is 1.59. The van der Waals surface area contributed by atoms with E-state index in [1.54, 1.807) is 18.8 Å². The van der Waals surface area contributed by atoms with Crippen molar-refractivity contribution < 1.29 is 9.59 Å². The van der Waals surface area contributed by atoms with Gasteiger partial charge in [-0.05, 0) is 43.0 Å². The normalized spacial score (nSPS) is 15.4. The van der Waals surface area contributed by atoms with Gasteiger partial charge in [-0.25, -0.2) is 0 Å². The SMILES string of the molecule is CCc1ccccc1NC(=O)CN(C)C(=O)[C@H]1Cc2ccc(C)cc2S1. The lowest BCUT2D eigenvalue weighted by atomic mass is 10.1. The van der Waals surface area contributed by atoms with Gasteiger partial charge >= 0.3 is 0 Å². The third-order valence-electron chi connectivity index (χ3n) is 4.60. The molecule has 26 heavy (non-hydrogen) atoms. The van der Waals surface area contributed by atoms with Gasteiger partial charge in [0.25, 0.3) is 0 Å². The van der Waals surface area contributed by atoms with Gasteiger partial charge in [-0.3, -0.25) is 9.59 Å². The zero-order valence-electron chi connectivity index (χ0n) is 15.4. The lowest BCUT2D eigenvalue weighted by molar-refractivity contribution is -0.132. The maximum absolute atomic E-state index is 12.7. The van der Waals surface area contributed by atoms with Gasteiger partial charge in [-0.15, -0.1) is 11.8 Å². The second kappa shape index (κ2) is 7.96. The molecule has 0 spiro atoms. The van der Waals surface area contributed by atoms with Crippen LogP contribution in [0.15, 0.2) is 47.4 Å². The van der Waals surface area contributed by atoms with E-state index in [9.17, 15) is 9.59 Å². The summed E-state index contributed by atoms with van der Waals surface area (Å²) < 4.78 is 0. The number of rotatable bonds is 5. The molecule has 0 saturated heterocycles. The number of thioether (sulfide) groups is 1. The van der Waals surface area contributed by atoms with Crippen molar-refractivity contribution in [1.82, 2.24) is 4.90 Å². The second-order valence-corrected chi connectivity index (χ2v) is 7.92. The molecule has 2 amide bonds. The molecule has 4 nitrogen and oxygen atoms in total. The average Bonchev–Trinajstić information content (AvgIpc) is 3.04. The molecule has 5 heteroatoms. The van der Waals surface area contributed by atoms with Gasteiger partial charge in [0.05, 0.1) is 11.8 Å². The van der Waals surface area contributed by atoms with Gasteiger partial charge in [0.2, 0.25) is 11.8 Å². The van der Waals surface area contributed by atoms with Crippen molar-refractivity contribution in [3.05, 3.63) is 59.2 Å². The average molecular weight is 369 g/mol. The quantitative estimate of drug-likeness (QED) is 0.876. The minimum absolute atomic E-state index is 0.00257. The van der Waals surface area contributed by atoms with Crippen molar-refractivity contribution >= 4 is 29.3 Å². The van der Waals surface area contributed by atoms with Crippen LogP contribution in [-0.2, 0) is 22.4 Å². The summed E-state index contributed by atoms with van der Waals surface area (Å²) in [4.78, 5) is 27.8. The van der Waals surface area contributed by atoms with Crippen LogP contribution in [0.25, 0.3) is 0 Å². The summed E-state index contributed by atoms with van der Waals surface area (Å²) in [7, 11) is 1.70. The molecule has 136 valence electrons. The molecular formula is C21H24N2O2S. The summed E-state index contributed by atoms with van der Waals surface area (Å²) in [6, 6.07) is 14.1. The number of hydrogen-bond donors (Lipinski definition) is 1. The second-order valence-electron chi connectivity index (χ2n) is 6.67. The van der Waals surface area contributed by atoms with Gasteiger partial charge < -0.3 is 10.2 Å². The molecule has 0 fully saturated rings. The first-order valence-corrected chi connectivity index (χ1v) is 9.74. The van der Waals surface area contributed by atoms with Crippen molar-refractivity contribution in [1.29, 1.82) is 0 Å². The van der Waals surface area contributed by atoms with Crippen LogP contribution in [0.2, 0.25) is 0 Å². The van der Waals surface area contributed by atoms with Gasteiger partial charge in [-0.2, -0.15) is 0 Å². The number of amides is 2. The number of nitrogens with one attached hydrogen (secondary N) is 1. The monoisotopic (exact) mass is 368 g/mol. The Labute approximate surface area is 159 Å². The Bertz CT molecular complexity index is 835. The van der Waals surface area contributed by atoms with Crippen LogP contribution in [0.1, 0.15) is 23.6 Å². The third kappa shape index (κ3) is 4.10. The number of para-hydroxylation sites is 1. The van der Waals surface area contributed by atoms with Crippen LogP contribution in [-0.4, -0.2) is 35.6 Å². The highest BCUT2D eigenvalue weighted by Crippen LogP contribution is 2.38. The van der Waals surface area contributed by atoms with E-state index in [0.29, 0.717) is 0 Å². The summed E-state index contributed by atoms with van der Waals surface area (Å²) in [6.07, 6.45) is 1.57. The van der Waals surface area contributed by atoms with E-state index < -0.39 is 0 Å². The highest BCUT2D eigenvalue weighted by Gasteiger charge is 2.31. The molecule has 1 heterocycles. The van der Waals surface area contributed by atoms with Crippen molar-refractivity contribution in [2.24, 2.45) is 0 Å². The minimum Gasteiger partial charge on any atom is -0.335 e. The molecule has 0 bridgehead atoms. The molecule has 2 aromatic carbocycles. The maximum atomic E-state index is 12.7. The van der Waals surface area contributed by atoms with Crippen LogP contribution in [0.4, 0.5) is 5.69 Å². The van der Waals surface area contributed by atoms with E-state index in [4.69, 9.17) is 0 Å². The predicted octanol–water partition coefficient (Wildman–Crippen LogP) is 3.67. The fourth-order valence-corrected chi connectivity index (χ4v) is 4.56. The summed E-state index contributed by atoms with van der Waals surface area (Å²) >= 11 is 1.60. The van der Waals surface area contributed by atoms with E-state index in [0.717, 1.165) is 24.1 Å². The molecule has 0 aliphatic carbocycles. The molecule has 0 unspecified atom stereocenters. The summed E-state index contributed by atoms with van der Waals surface area (Å²) in [5, 5.41) is 2.78. The Kier molecular flexibility index (Phi) is 5.67. The Morgan fingerprint density at radius 2 is 2.00 bits per heavy atom. The number of aryl methyl sites for hydroxylation is 2. The largest absolute Gasteiger partial charge is 0.335 e. The minimum atomic E-state index is -0.168. The van der Waals surface area contributed by atoms with E-state index in [2.05, 4.69) is 37.4 Å². The predicted molar refractivity (Wildman–Crippen MR) is 107 cm³/mol. The van der Waals surface area contributed by atoms with Crippen molar-refractivity contribution in [3.8, 4) is 0 Å². The molecule has 0 aromatic heterocycles. The van der Waals surface area contributed by atoms with Gasteiger partial charge in [-0.1, -0.05) is 42.8 Å². The fraction of sp³-hybridized carbons (Fsp3) is 0.333. The number of fused-ring (bicyclic) bond motifs is 1. The number of benzene rings is 2. The Morgan fingerprint density at radius 1 is 1.23 bits per heavy atom. The molecule has 1 aliphatic heterocycles. The summed E-state index contributed by atoms with van der Waals surface area (Å²) in [5.41, 5.74) is 4.33. The number of anilines is 1. The zero-order valence-corrected chi connectivity index (χ0v) is 16.2. The van der Waals surface area contributed by atoms with E-state index in [-0.39, 0.29) is 23.6 Å². The molecule has 3 rings (SSSR count). The van der Waals surface area contributed by atoms with E-state index in [1.807, 2.05) is 24.3 Å². The summed E-state index contributed by atoms with van der Waals surface area (Å²) in [6.45, 7) is 4.17. The number of carbonyl (C=O) groups is 2. The van der Waals surface area contributed by atoms with Crippen LogP contribution >= 0.6 is 11.8 Å². The van der Waals surface area contributed by atoms with Crippen LogP contribution < -0.4 is 5.32 Å². The first-order chi connectivity index (χ1) is 12.5. The smallest absolute Gasteiger partial charge is 0.243 e. The fourth-order valence-electron chi connectivity index (χ4n) is 3.15. The topological polar surface area (TPSA) is 49.4 Å². The standard InChI is InChI=1S/C21H24N2O2S/c1-4-15-7-5-6-8-17(15)22-20(24)13-23(3)21(25)19-12-16-10-9-14(2)11-18(16)26-19/h5-11,19H,4,12-13H2,1-3H3,(H,22,24)/t19-/m1/s1. The van der Waals surface area contributed by atoms with E-state index in [1.165, 1.54) is 20.9 Å². The lowest BCUT2D eigenvalue weighted by Crippen LogP contribution is -2.39. The van der Waals surface area contributed by atoms with Crippen molar-refractivity contribution in [2.45, 2.75) is 36.8 Å². The van der Waals surface area contributed by atoms with Gasteiger partial charge in [0.1, 0.15) is 0 Å². The van der Waals surface area contributed by atoms with E-state index >= 15 is 0 Å². The first-order valence-electron chi connectivity index (χ1n) is 8.87. The molecular weight excluding hydrogens is 344 g/mol.